The van der Waals surface area contributed by atoms with Gasteiger partial charge in [-0.2, -0.15) is 16.8 Å². The molecule has 0 radical (unpaired) electrons. The molecule has 20 nitrogen and oxygen atoms in total. The normalized spacial score (nSPS) is 16.9. The lowest BCUT2D eigenvalue weighted by Crippen LogP contribution is -3.00. The van der Waals surface area contributed by atoms with Crippen molar-refractivity contribution in [1.82, 2.24) is 39.3 Å². The van der Waals surface area contributed by atoms with Gasteiger partial charge in [0.25, 0.3) is 26.0 Å². The summed E-state index contributed by atoms with van der Waals surface area (Å²) in [7, 11) is -7.06. The number of anilines is 1. The number of aliphatic imine (C=N–C) groups is 3. The number of H-pyrrole nitrogens is 1. The van der Waals surface area contributed by atoms with Crippen LogP contribution in [0.4, 0.5) is 5.82 Å². The molecule has 5 aliphatic rings. The largest absolute Gasteiger partial charge is 1.00 e. The van der Waals surface area contributed by atoms with Gasteiger partial charge in [-0.25, -0.2) is 44.6 Å². The molecule has 0 bridgehead atoms. The van der Waals surface area contributed by atoms with Crippen molar-refractivity contribution in [3.63, 3.8) is 0 Å². The number of aromatic nitrogens is 6. The van der Waals surface area contributed by atoms with Gasteiger partial charge in [0.05, 0.1) is 61.7 Å². The Balaban J connectivity index is 0.000000175. The Morgan fingerprint density at radius 3 is 1.79 bits per heavy atom. The first-order chi connectivity index (χ1) is 26.4. The van der Waals surface area contributed by atoms with Gasteiger partial charge in [-0.15, -0.1) is 0 Å². The first kappa shape index (κ1) is 44.8. The van der Waals surface area contributed by atoms with Gasteiger partial charge in [-0.05, 0) is 50.4 Å². The second-order valence-corrected chi connectivity index (χ2v) is 16.4. The third-order valence-electron chi connectivity index (χ3n) is 9.44. The molecule has 0 aliphatic carbocycles. The van der Waals surface area contributed by atoms with E-state index in [1.807, 2.05) is 0 Å². The number of hydrogen-bond donors (Lipinski definition) is 6. The third-order valence-corrected chi connectivity index (χ3v) is 11.0. The Bertz CT molecular complexity index is 2120. The van der Waals surface area contributed by atoms with Crippen molar-refractivity contribution in [2.45, 2.75) is 58.2 Å². The van der Waals surface area contributed by atoms with Crippen molar-refractivity contribution in [2.24, 2.45) is 37.1 Å². The Morgan fingerprint density at radius 2 is 1.23 bits per heavy atom. The summed E-state index contributed by atoms with van der Waals surface area (Å²) in [5.74, 6) is 2.17. The molecule has 2 saturated heterocycles. The molecule has 8 heterocycles. The van der Waals surface area contributed by atoms with Crippen molar-refractivity contribution in [2.75, 3.05) is 44.2 Å². The van der Waals surface area contributed by atoms with E-state index in [-0.39, 0.29) is 18.0 Å². The molecular weight excluding hydrogens is 809 g/mol. The molecule has 5 aliphatic heterocycles. The summed E-state index contributed by atoms with van der Waals surface area (Å²) in [5, 5.41) is 12.5. The fourth-order valence-electron chi connectivity index (χ4n) is 6.52. The zero-order valence-corrected chi connectivity index (χ0v) is 33.7. The first-order valence-corrected chi connectivity index (χ1v) is 21.3. The maximum absolute atomic E-state index is 10.9. The van der Waals surface area contributed by atoms with Crippen LogP contribution in [0.25, 0.3) is 0 Å². The van der Waals surface area contributed by atoms with E-state index in [0.29, 0.717) is 61.0 Å². The SMILES string of the molecule is Clc1ncnc2c1CN=C2.NS(=O)(=O)NCCC1CCN(c2ncnc3c2CN=C3)CC1.NS(=O)(=O)NCCC1CC[NH2+]CC1.O=c1[nH]cnc2c1CN=C2.[Cl-]. The van der Waals surface area contributed by atoms with Crippen LogP contribution < -0.4 is 47.9 Å². The van der Waals surface area contributed by atoms with Gasteiger partial charge in [0.2, 0.25) is 0 Å². The number of fused-ring (bicyclic) bond motifs is 3. The number of quaternary nitrogens is 1. The van der Waals surface area contributed by atoms with Crippen LogP contribution in [0.1, 0.15) is 72.3 Å². The lowest BCUT2D eigenvalue weighted by Gasteiger charge is -2.33. The monoisotopic (exact) mass is 855 g/mol. The number of hydrogen-bond acceptors (Lipinski definition) is 14. The van der Waals surface area contributed by atoms with Crippen molar-refractivity contribution in [3.05, 3.63) is 68.3 Å². The standard InChI is InChI=1S/C13H20N6O2S.C7H17N3O2S.C6H4ClN3.C6H5N3O.ClH/c14-22(20,21)18-4-1-10-2-5-19(6-3-10)13-11-7-15-8-12(11)16-9-17-13;8-13(11,12)10-6-3-7-1-4-9-5-2-7;7-6-4-1-8-2-5(4)9-3-10-6;10-6-4-1-7-2-5(4)8-3-9-6;/h8-10,18H,1-7H2,(H2,14,20,21);7,9-10H,1-6H2,(H2,8,11,12);2-3H,1H2;2-3H,1H2,(H,8,9,10);1H. The predicted octanol–water partition coefficient (Wildman–Crippen LogP) is -4.28. The fourth-order valence-corrected chi connectivity index (χ4v) is 7.52. The van der Waals surface area contributed by atoms with Crippen molar-refractivity contribution < 1.29 is 34.6 Å². The van der Waals surface area contributed by atoms with Gasteiger partial charge in [0.1, 0.15) is 23.6 Å². The first-order valence-electron chi connectivity index (χ1n) is 17.9. The number of nitrogens with zero attached hydrogens (tertiary/aromatic N) is 9. The van der Waals surface area contributed by atoms with Crippen molar-refractivity contribution in [1.29, 1.82) is 0 Å². The zero-order valence-electron chi connectivity index (χ0n) is 30.6. The third kappa shape index (κ3) is 14.3. The molecule has 2 fully saturated rings. The summed E-state index contributed by atoms with van der Waals surface area (Å²) in [6, 6.07) is 0. The molecule has 0 spiro atoms. The lowest BCUT2D eigenvalue weighted by molar-refractivity contribution is -0.664. The Morgan fingerprint density at radius 1 is 0.732 bits per heavy atom. The van der Waals surface area contributed by atoms with Crippen molar-refractivity contribution in [3.8, 4) is 0 Å². The van der Waals surface area contributed by atoms with Crippen LogP contribution in [0, 0.1) is 11.8 Å². The maximum Gasteiger partial charge on any atom is 0.274 e. The Kier molecular flexibility index (Phi) is 17.3. The number of halogens is 2. The number of rotatable bonds is 9. The number of nitrogens with one attached hydrogen (secondary N) is 3. The molecule has 24 heteroatoms. The Labute approximate surface area is 336 Å². The lowest BCUT2D eigenvalue weighted by atomic mass is 9.93. The van der Waals surface area contributed by atoms with E-state index in [0.717, 1.165) is 67.1 Å². The summed E-state index contributed by atoms with van der Waals surface area (Å²) in [6.07, 6.45) is 15.7. The highest BCUT2D eigenvalue weighted by molar-refractivity contribution is 7.87. The molecular formula is C32H47Cl2N15O5S2. The van der Waals surface area contributed by atoms with Crippen LogP contribution in [0.3, 0.4) is 0 Å². The minimum absolute atomic E-state index is 0. The molecule has 0 amide bonds. The molecule has 0 unspecified atom stereocenters. The van der Waals surface area contributed by atoms with Gasteiger partial charge >= 0.3 is 0 Å². The second-order valence-electron chi connectivity index (χ2n) is 13.3. The highest BCUT2D eigenvalue weighted by Gasteiger charge is 2.24. The summed E-state index contributed by atoms with van der Waals surface area (Å²) in [6.45, 7) is 6.80. The number of nitrogens with two attached hydrogens (primary N) is 3. The second kappa shape index (κ2) is 21.6. The molecule has 3 aromatic rings. The summed E-state index contributed by atoms with van der Waals surface area (Å²) >= 11 is 5.74. The molecule has 8 rings (SSSR count). The van der Waals surface area contributed by atoms with E-state index >= 15 is 0 Å². The maximum atomic E-state index is 10.9. The Hall–Kier alpha value is -3.87. The molecule has 0 atom stereocenters. The summed E-state index contributed by atoms with van der Waals surface area (Å²) in [4.78, 5) is 48.2. The van der Waals surface area contributed by atoms with Crippen molar-refractivity contribution >= 4 is 56.5 Å². The summed E-state index contributed by atoms with van der Waals surface area (Å²) in [5.41, 5.74) is 5.10. The molecule has 0 aromatic carbocycles. The van der Waals surface area contributed by atoms with Crippen LogP contribution in [-0.2, 0) is 40.1 Å². The van der Waals surface area contributed by atoms with Gasteiger partial charge in [0, 0.05) is 55.9 Å². The number of aromatic amines is 1. The van der Waals surface area contributed by atoms with Crippen LogP contribution in [0.15, 0.2) is 38.8 Å². The topological polar surface area (TPSA) is 299 Å². The molecule has 3 aromatic heterocycles. The average Bonchev–Trinajstić information content (AvgIpc) is 3.95. The van der Waals surface area contributed by atoms with E-state index in [1.54, 1.807) is 25.0 Å². The number of piperidine rings is 2. The molecule has 0 saturated carbocycles. The van der Waals surface area contributed by atoms with E-state index < -0.39 is 20.4 Å². The van der Waals surface area contributed by atoms with Gasteiger partial charge in [0.15, 0.2) is 0 Å². The van der Waals surface area contributed by atoms with Crippen LogP contribution >= 0.6 is 11.6 Å². The van der Waals surface area contributed by atoms with Gasteiger partial charge in [-0.3, -0.25) is 19.8 Å². The van der Waals surface area contributed by atoms with E-state index in [9.17, 15) is 21.6 Å². The average molecular weight is 857 g/mol. The minimum atomic E-state index is -3.58. The van der Waals surface area contributed by atoms with E-state index in [2.05, 4.69) is 64.5 Å². The molecule has 9 N–H and O–H groups in total. The van der Waals surface area contributed by atoms with E-state index in [4.69, 9.17) is 21.9 Å². The quantitative estimate of drug-likeness (QED) is 0.112. The molecule has 306 valence electrons. The summed E-state index contributed by atoms with van der Waals surface area (Å²) < 4.78 is 47.4. The zero-order chi connectivity index (χ0) is 39.3. The van der Waals surface area contributed by atoms with Gasteiger partial charge < -0.3 is 27.6 Å². The highest BCUT2D eigenvalue weighted by Crippen LogP contribution is 2.28. The van der Waals surface area contributed by atoms with E-state index in [1.165, 1.54) is 38.6 Å². The van der Waals surface area contributed by atoms with Crippen LogP contribution in [0.2, 0.25) is 5.15 Å². The van der Waals surface area contributed by atoms with Gasteiger partial charge in [-0.1, -0.05) is 11.6 Å². The molecule has 56 heavy (non-hydrogen) atoms. The van der Waals surface area contributed by atoms with Crippen LogP contribution in [-0.4, -0.2) is 105 Å². The smallest absolute Gasteiger partial charge is 0.274 e. The van der Waals surface area contributed by atoms with Crippen LogP contribution in [0.5, 0.6) is 0 Å². The minimum Gasteiger partial charge on any atom is -1.00 e. The fraction of sp³-hybridized carbons (Fsp3) is 0.531. The predicted molar refractivity (Wildman–Crippen MR) is 209 cm³/mol. The highest BCUT2D eigenvalue weighted by atomic mass is 35.5.